The van der Waals surface area contributed by atoms with E-state index in [1.165, 1.54) is 22.3 Å². The molecular weight excluding hydrogens is 396 g/mol. The third kappa shape index (κ3) is 5.46. The van der Waals surface area contributed by atoms with E-state index in [0.717, 1.165) is 11.4 Å². The highest BCUT2D eigenvalue weighted by molar-refractivity contribution is 6.09. The first kappa shape index (κ1) is 22.4. The molecule has 0 bridgehead atoms. The predicted molar refractivity (Wildman–Crippen MR) is 135 cm³/mol. The molecule has 0 aliphatic carbocycles. The molecule has 0 radical (unpaired) electrons. The van der Waals surface area contributed by atoms with Gasteiger partial charge in [-0.1, -0.05) is 12.1 Å². The lowest BCUT2D eigenvalue weighted by Crippen LogP contribution is -2.01. The van der Waals surface area contributed by atoms with Crippen molar-refractivity contribution >= 4 is 28.5 Å². The maximum Gasteiger partial charge on any atom is 0.193 e. The number of benzene rings is 4. The van der Waals surface area contributed by atoms with E-state index in [1.807, 2.05) is 24.3 Å². The number of anilines is 4. The number of nitrogens with two attached hydrogens (primary N) is 4. The summed E-state index contributed by atoms with van der Waals surface area (Å²) >= 11 is 0. The number of nitrogen functional groups attached to an aromatic ring is 4. The topological polar surface area (TPSA) is 121 Å². The van der Waals surface area contributed by atoms with Gasteiger partial charge in [0.2, 0.25) is 0 Å². The zero-order valence-corrected chi connectivity index (χ0v) is 18.3. The quantitative estimate of drug-likeness (QED) is 0.265. The number of rotatable bonds is 3. The molecule has 0 heterocycles. The average molecular weight is 425 g/mol. The number of hydrogen-bond donors (Lipinski definition) is 4. The first-order chi connectivity index (χ1) is 15.2. The molecule has 162 valence electrons. The first-order valence-electron chi connectivity index (χ1n) is 10.2. The van der Waals surface area contributed by atoms with E-state index in [-0.39, 0.29) is 5.78 Å². The second-order valence-electron chi connectivity index (χ2n) is 7.72. The minimum Gasteiger partial charge on any atom is -0.399 e. The monoisotopic (exact) mass is 424 g/mol. The maximum absolute atomic E-state index is 12.0. The van der Waals surface area contributed by atoms with Crippen molar-refractivity contribution in [1.82, 2.24) is 0 Å². The molecule has 4 aromatic carbocycles. The number of carbonyl (C=O) groups is 1. The van der Waals surface area contributed by atoms with Gasteiger partial charge in [-0.25, -0.2) is 0 Å². The Morgan fingerprint density at radius 3 is 1.12 bits per heavy atom. The van der Waals surface area contributed by atoms with Crippen LogP contribution in [0.5, 0.6) is 0 Å². The van der Waals surface area contributed by atoms with Crippen LogP contribution >= 0.6 is 0 Å². The van der Waals surface area contributed by atoms with Crippen molar-refractivity contribution in [3.8, 4) is 11.1 Å². The molecule has 0 unspecified atom stereocenters. The van der Waals surface area contributed by atoms with E-state index >= 15 is 0 Å². The molecule has 0 spiro atoms. The van der Waals surface area contributed by atoms with Gasteiger partial charge in [-0.05, 0) is 109 Å². The van der Waals surface area contributed by atoms with Crippen molar-refractivity contribution in [3.63, 3.8) is 0 Å². The standard InChI is InChI=1S/C14H16N2.C13H12N2O/c1-9-7-11(15)3-5-13(9)14-6-4-12(16)8-10(14)2;14-11-5-1-9(2-6-11)13(16)10-3-7-12(15)8-4-10/h3-8H,15-16H2,1-2H3;1-8H,14-15H2. The minimum atomic E-state index is -0.0278. The van der Waals surface area contributed by atoms with Gasteiger partial charge in [0, 0.05) is 33.9 Å². The normalized spacial score (nSPS) is 10.2. The van der Waals surface area contributed by atoms with Crippen molar-refractivity contribution in [2.24, 2.45) is 0 Å². The predicted octanol–water partition coefficient (Wildman–Crippen LogP) is 5.22. The van der Waals surface area contributed by atoms with E-state index in [4.69, 9.17) is 22.9 Å². The van der Waals surface area contributed by atoms with Crippen LogP contribution in [-0.4, -0.2) is 5.78 Å². The Labute approximate surface area is 188 Å². The fraction of sp³-hybridized carbons (Fsp3) is 0.0741. The number of hydrogen-bond acceptors (Lipinski definition) is 5. The number of carbonyl (C=O) groups excluding carboxylic acids is 1. The number of ketones is 1. The Kier molecular flexibility index (Phi) is 6.80. The van der Waals surface area contributed by atoms with Crippen LogP contribution < -0.4 is 22.9 Å². The van der Waals surface area contributed by atoms with Crippen LogP contribution in [0.2, 0.25) is 0 Å². The molecule has 5 heteroatoms. The Balaban J connectivity index is 0.000000181. The molecule has 0 aliphatic rings. The third-order valence-electron chi connectivity index (χ3n) is 5.14. The Morgan fingerprint density at radius 2 is 0.812 bits per heavy atom. The van der Waals surface area contributed by atoms with Gasteiger partial charge >= 0.3 is 0 Å². The van der Waals surface area contributed by atoms with Crippen LogP contribution in [0.15, 0.2) is 84.9 Å². The smallest absolute Gasteiger partial charge is 0.193 e. The third-order valence-corrected chi connectivity index (χ3v) is 5.14. The molecule has 0 fully saturated rings. The summed E-state index contributed by atoms with van der Waals surface area (Å²) in [7, 11) is 0. The van der Waals surface area contributed by atoms with Gasteiger partial charge in [-0.3, -0.25) is 4.79 Å². The van der Waals surface area contributed by atoms with Gasteiger partial charge in [0.1, 0.15) is 0 Å². The lowest BCUT2D eigenvalue weighted by Gasteiger charge is -2.10. The van der Waals surface area contributed by atoms with E-state index in [2.05, 4.69) is 26.0 Å². The molecule has 8 N–H and O–H groups in total. The lowest BCUT2D eigenvalue weighted by molar-refractivity contribution is 0.103. The lowest BCUT2D eigenvalue weighted by atomic mass is 9.96. The highest BCUT2D eigenvalue weighted by Crippen LogP contribution is 2.29. The Bertz CT molecular complexity index is 1130. The van der Waals surface area contributed by atoms with Gasteiger partial charge in [-0.15, -0.1) is 0 Å². The molecule has 0 saturated heterocycles. The van der Waals surface area contributed by atoms with Crippen molar-refractivity contribution < 1.29 is 4.79 Å². The first-order valence-corrected chi connectivity index (χ1v) is 10.2. The fourth-order valence-electron chi connectivity index (χ4n) is 3.41. The average Bonchev–Trinajstić information content (AvgIpc) is 2.76. The molecule has 4 aromatic rings. The minimum absolute atomic E-state index is 0.0278. The van der Waals surface area contributed by atoms with Crippen LogP contribution in [0.1, 0.15) is 27.0 Å². The van der Waals surface area contributed by atoms with Crippen LogP contribution in [0.3, 0.4) is 0 Å². The van der Waals surface area contributed by atoms with Crippen molar-refractivity contribution in [3.05, 3.63) is 107 Å². The second kappa shape index (κ2) is 9.71. The van der Waals surface area contributed by atoms with Crippen LogP contribution in [0, 0.1) is 13.8 Å². The largest absolute Gasteiger partial charge is 0.399 e. The van der Waals surface area contributed by atoms with Gasteiger partial charge in [0.05, 0.1) is 0 Å². The van der Waals surface area contributed by atoms with Gasteiger partial charge in [0.25, 0.3) is 0 Å². The Morgan fingerprint density at radius 1 is 0.500 bits per heavy atom. The zero-order valence-electron chi connectivity index (χ0n) is 18.3. The summed E-state index contributed by atoms with van der Waals surface area (Å²) in [6.45, 7) is 4.14. The summed E-state index contributed by atoms with van der Waals surface area (Å²) in [6.07, 6.45) is 0. The zero-order chi connectivity index (χ0) is 23.3. The highest BCUT2D eigenvalue weighted by Gasteiger charge is 2.08. The van der Waals surface area contributed by atoms with Crippen LogP contribution in [0.4, 0.5) is 22.7 Å². The molecule has 0 aromatic heterocycles. The summed E-state index contributed by atoms with van der Waals surface area (Å²) in [5.41, 5.74) is 31.6. The maximum atomic E-state index is 12.0. The molecule has 5 nitrogen and oxygen atoms in total. The molecule has 0 amide bonds. The molecule has 32 heavy (non-hydrogen) atoms. The van der Waals surface area contributed by atoms with Crippen LogP contribution in [-0.2, 0) is 0 Å². The van der Waals surface area contributed by atoms with Gasteiger partial charge < -0.3 is 22.9 Å². The van der Waals surface area contributed by atoms with Crippen molar-refractivity contribution in [1.29, 1.82) is 0 Å². The van der Waals surface area contributed by atoms with Crippen LogP contribution in [0.25, 0.3) is 11.1 Å². The van der Waals surface area contributed by atoms with E-state index in [1.54, 1.807) is 48.5 Å². The molecule has 0 atom stereocenters. The summed E-state index contributed by atoms with van der Waals surface area (Å²) < 4.78 is 0. The van der Waals surface area contributed by atoms with Gasteiger partial charge in [-0.2, -0.15) is 0 Å². The summed E-state index contributed by atoms with van der Waals surface area (Å²) in [4.78, 5) is 12.0. The molecule has 4 rings (SSSR count). The van der Waals surface area contributed by atoms with Crippen molar-refractivity contribution in [2.75, 3.05) is 22.9 Å². The van der Waals surface area contributed by atoms with Crippen molar-refractivity contribution in [2.45, 2.75) is 13.8 Å². The summed E-state index contributed by atoms with van der Waals surface area (Å²) in [6, 6.07) is 25.7. The highest BCUT2D eigenvalue weighted by atomic mass is 16.1. The fourth-order valence-corrected chi connectivity index (χ4v) is 3.41. The van der Waals surface area contributed by atoms with Gasteiger partial charge in [0.15, 0.2) is 5.78 Å². The molecule has 0 saturated carbocycles. The van der Waals surface area contributed by atoms with E-state index < -0.39 is 0 Å². The SMILES string of the molecule is Cc1cc(N)ccc1-c1ccc(N)cc1C.Nc1ccc(C(=O)c2ccc(N)cc2)cc1. The summed E-state index contributed by atoms with van der Waals surface area (Å²) in [5.74, 6) is -0.0278. The van der Waals surface area contributed by atoms with E-state index in [9.17, 15) is 4.79 Å². The molecule has 0 aliphatic heterocycles. The Hall–Kier alpha value is -4.25. The summed E-state index contributed by atoms with van der Waals surface area (Å²) in [5, 5.41) is 0. The number of aryl methyl sites for hydroxylation is 2. The molecular formula is C27H28N4O. The second-order valence-corrected chi connectivity index (χ2v) is 7.72. The van der Waals surface area contributed by atoms with E-state index in [0.29, 0.717) is 22.5 Å².